The molecule has 0 fully saturated rings. The van der Waals surface area contributed by atoms with Crippen LogP contribution in [-0.2, 0) is 21.7 Å². The highest BCUT2D eigenvalue weighted by molar-refractivity contribution is 6.15. The van der Waals surface area contributed by atoms with E-state index in [-0.39, 0.29) is 5.41 Å². The van der Waals surface area contributed by atoms with Gasteiger partial charge in [0.2, 0.25) is 0 Å². The van der Waals surface area contributed by atoms with E-state index in [4.69, 9.17) is 0 Å². The van der Waals surface area contributed by atoms with Gasteiger partial charge in [-0.15, -0.1) is 0 Å². The molecule has 0 N–H and O–H groups in total. The summed E-state index contributed by atoms with van der Waals surface area (Å²) < 4.78 is 0. The summed E-state index contributed by atoms with van der Waals surface area (Å²) in [6.07, 6.45) is 0. The highest BCUT2D eigenvalue weighted by Gasteiger charge is 2.50. The molecule has 21 aromatic carbocycles. The van der Waals surface area contributed by atoms with Gasteiger partial charge in [0.25, 0.3) is 0 Å². The third-order valence-corrected chi connectivity index (χ3v) is 29.1. The van der Waals surface area contributed by atoms with Crippen LogP contribution in [0.4, 0.5) is 34.1 Å². The summed E-state index contributed by atoms with van der Waals surface area (Å²) in [6.45, 7) is 4.78. The molecule has 610 valence electrons. The van der Waals surface area contributed by atoms with Gasteiger partial charge >= 0.3 is 0 Å². The Bertz CT molecular complexity index is 7720. The summed E-state index contributed by atoms with van der Waals surface area (Å²) in [5.41, 5.74) is 41.4. The predicted molar refractivity (Wildman–Crippen MR) is 542 cm³/mol. The topological polar surface area (TPSA) is 6.48 Å². The molecule has 0 aromatic heterocycles. The van der Waals surface area contributed by atoms with E-state index in [9.17, 15) is 0 Å². The Kier molecular flexibility index (Phi) is 17.7. The highest BCUT2D eigenvalue weighted by atomic mass is 15.1. The first-order valence-corrected chi connectivity index (χ1v) is 45.5. The van der Waals surface area contributed by atoms with Crippen LogP contribution >= 0.6 is 0 Å². The number of fused-ring (bicyclic) bond motifs is 15. The number of hydrogen-bond acceptors (Lipinski definition) is 2. The lowest BCUT2D eigenvalue weighted by Crippen LogP contribution is -2.29. The van der Waals surface area contributed by atoms with Crippen molar-refractivity contribution in [3.05, 3.63) is 575 Å². The molecular weight excluding hydrogens is 1570 g/mol. The first-order valence-electron chi connectivity index (χ1n) is 45.5. The SMILES string of the molecule is CC1(C)c2ccccc2-c2ccc(N(c3cc(-c4ccccc4)cc(-c4ccc(-c5ccc6cc(-c7ccc(N(c8ccc9c(c8)C(c8ccccc8)(c8ccccc8)c8ccccc8-9)c8ccc9c(c8)C(c8ccccc8)(c8ccccc8)c8ccccc8-9)cc7)c7ccccc7c6c5)cc4)c3)c3ccc4c(c3)C(c3ccccc3)(c3ccccc3)c3ccccc3-4)cc21. The molecule has 0 amide bonds. The molecular formula is C128H88N2. The number of anilines is 6. The summed E-state index contributed by atoms with van der Waals surface area (Å²) in [7, 11) is 0. The van der Waals surface area contributed by atoms with E-state index in [1.54, 1.807) is 0 Å². The van der Waals surface area contributed by atoms with Gasteiger partial charge in [-0.3, -0.25) is 0 Å². The fourth-order valence-corrected chi connectivity index (χ4v) is 23.3. The Morgan fingerprint density at radius 2 is 0.431 bits per heavy atom. The summed E-state index contributed by atoms with van der Waals surface area (Å²) in [5.74, 6) is 0. The molecule has 2 nitrogen and oxygen atoms in total. The molecule has 4 aliphatic carbocycles. The second kappa shape index (κ2) is 30.2. The first kappa shape index (κ1) is 76.2. The Morgan fingerprint density at radius 1 is 0.146 bits per heavy atom. The molecule has 2 heteroatoms. The number of hydrogen-bond donors (Lipinski definition) is 0. The van der Waals surface area contributed by atoms with Gasteiger partial charge in [-0.2, -0.15) is 0 Å². The molecule has 25 rings (SSSR count). The van der Waals surface area contributed by atoms with Gasteiger partial charge in [0.05, 0.1) is 16.2 Å². The Balaban J connectivity index is 0.605. The van der Waals surface area contributed by atoms with Crippen LogP contribution in [0.15, 0.2) is 497 Å². The molecule has 0 bridgehead atoms. The third kappa shape index (κ3) is 11.6. The lowest BCUT2D eigenvalue weighted by Gasteiger charge is -2.36. The van der Waals surface area contributed by atoms with Crippen LogP contribution in [0.3, 0.4) is 0 Å². The van der Waals surface area contributed by atoms with Crippen molar-refractivity contribution in [2.24, 2.45) is 0 Å². The molecule has 130 heavy (non-hydrogen) atoms. The molecule has 4 aliphatic rings. The molecule has 0 heterocycles. The molecule has 0 saturated heterocycles. The van der Waals surface area contributed by atoms with E-state index >= 15 is 0 Å². The maximum absolute atomic E-state index is 2.54. The zero-order valence-electron chi connectivity index (χ0n) is 72.2. The molecule has 21 aromatic rings. The second-order valence-corrected chi connectivity index (χ2v) is 36.0. The van der Waals surface area contributed by atoms with Gasteiger partial charge in [0.1, 0.15) is 0 Å². The standard InChI is InChI=1S/C128H88N2/c1-125(2)117-54-30-26-50-107(117)111-72-68-100(81-121(111)125)130(103-71-75-114-110-53-29-33-57-120(110)128(124(114)84-103,97-44-20-8-21-45-97)98-46-22-9-23-47-98)104-77-91(85-34-10-3-11-35-85)76-92(78-104)87-60-58-86(59-61-87)89-62-63-90-80-115(105-48-24-25-49-106(105)116(90)79-89)88-64-66-99(67-65-88)129(101-69-73-112-108-51-27-31-55-118(108)126(122(112)82-101,93-36-12-4-13-37-93)94-38-14-5-15-39-94)102-70-74-113-109-52-28-32-56-119(109)127(123(113)83-102,95-40-16-6-17-41-95)96-42-18-7-19-43-96/h3-84H,1-2H3. The van der Waals surface area contributed by atoms with Crippen molar-refractivity contribution in [2.45, 2.75) is 35.5 Å². The van der Waals surface area contributed by atoms with E-state index in [0.717, 1.165) is 73.1 Å². The zero-order chi connectivity index (χ0) is 86.2. The van der Waals surface area contributed by atoms with Crippen LogP contribution in [0.5, 0.6) is 0 Å². The van der Waals surface area contributed by atoms with E-state index in [2.05, 4.69) is 521 Å². The lowest BCUT2D eigenvalue weighted by molar-refractivity contribution is 0.660. The summed E-state index contributed by atoms with van der Waals surface area (Å²) >= 11 is 0. The Labute approximate surface area is 760 Å². The zero-order valence-corrected chi connectivity index (χ0v) is 72.2. The summed E-state index contributed by atoms with van der Waals surface area (Å²) in [5, 5.41) is 4.81. The van der Waals surface area contributed by atoms with Crippen LogP contribution in [0.25, 0.3) is 111 Å². The molecule has 0 unspecified atom stereocenters. The normalized spacial score (nSPS) is 13.9. The van der Waals surface area contributed by atoms with Crippen molar-refractivity contribution in [3.63, 3.8) is 0 Å². The summed E-state index contributed by atoms with van der Waals surface area (Å²) in [6, 6.07) is 188. The number of benzene rings is 21. The van der Waals surface area contributed by atoms with Crippen LogP contribution < -0.4 is 9.80 Å². The van der Waals surface area contributed by atoms with Crippen molar-refractivity contribution in [1.29, 1.82) is 0 Å². The first-order chi connectivity index (χ1) is 64.2. The van der Waals surface area contributed by atoms with E-state index < -0.39 is 16.2 Å². The average Bonchev–Trinajstić information content (AvgIpc) is 1.55. The molecule has 0 aliphatic heterocycles. The van der Waals surface area contributed by atoms with E-state index in [1.165, 1.54) is 150 Å². The van der Waals surface area contributed by atoms with Gasteiger partial charge in [-0.1, -0.05) is 420 Å². The fourth-order valence-electron chi connectivity index (χ4n) is 23.3. The van der Waals surface area contributed by atoms with Crippen LogP contribution in [0, 0.1) is 0 Å². The lowest BCUT2D eigenvalue weighted by atomic mass is 9.67. The molecule has 0 saturated carbocycles. The Hall–Kier alpha value is -16.3. The van der Waals surface area contributed by atoms with E-state index in [0.29, 0.717) is 0 Å². The second-order valence-electron chi connectivity index (χ2n) is 36.0. The van der Waals surface area contributed by atoms with Crippen molar-refractivity contribution in [3.8, 4) is 89.0 Å². The van der Waals surface area contributed by atoms with Gasteiger partial charge in [-0.05, 0) is 279 Å². The van der Waals surface area contributed by atoms with Gasteiger partial charge in [0.15, 0.2) is 0 Å². The fraction of sp³-hybridized carbons (Fsp3) is 0.0469. The van der Waals surface area contributed by atoms with Crippen molar-refractivity contribution in [1.82, 2.24) is 0 Å². The van der Waals surface area contributed by atoms with Crippen molar-refractivity contribution in [2.75, 3.05) is 9.80 Å². The monoisotopic (exact) mass is 1650 g/mol. The largest absolute Gasteiger partial charge is 0.310 e. The minimum atomic E-state index is -0.607. The third-order valence-electron chi connectivity index (χ3n) is 29.1. The van der Waals surface area contributed by atoms with Crippen molar-refractivity contribution >= 4 is 55.7 Å². The minimum Gasteiger partial charge on any atom is -0.310 e. The quantitative estimate of drug-likeness (QED) is 0.0890. The highest BCUT2D eigenvalue weighted by Crippen LogP contribution is 2.63. The van der Waals surface area contributed by atoms with Crippen molar-refractivity contribution < 1.29 is 0 Å². The van der Waals surface area contributed by atoms with E-state index in [1.807, 2.05) is 0 Å². The van der Waals surface area contributed by atoms with Gasteiger partial charge < -0.3 is 9.80 Å². The van der Waals surface area contributed by atoms with Gasteiger partial charge in [-0.25, -0.2) is 0 Å². The van der Waals surface area contributed by atoms with Crippen LogP contribution in [0.1, 0.15) is 91.7 Å². The Morgan fingerprint density at radius 3 is 0.838 bits per heavy atom. The number of nitrogens with zero attached hydrogens (tertiary/aromatic N) is 2. The average molecular weight is 1650 g/mol. The minimum absolute atomic E-state index is 0.229. The molecule has 0 spiro atoms. The van der Waals surface area contributed by atoms with Gasteiger partial charge in [0, 0.05) is 39.5 Å². The smallest absolute Gasteiger partial charge is 0.0714 e. The number of rotatable bonds is 16. The maximum Gasteiger partial charge on any atom is 0.0714 e. The maximum atomic E-state index is 2.54. The summed E-state index contributed by atoms with van der Waals surface area (Å²) in [4.78, 5) is 5.05. The molecule has 0 radical (unpaired) electrons. The van der Waals surface area contributed by atoms with Crippen LogP contribution in [0.2, 0.25) is 0 Å². The van der Waals surface area contributed by atoms with Crippen LogP contribution in [-0.4, -0.2) is 0 Å². The molecule has 0 atom stereocenters. The predicted octanol–water partition coefficient (Wildman–Crippen LogP) is 33.0.